The number of rotatable bonds is 4. The molecule has 0 atom stereocenters. The SMILES string of the molecule is Nc1nc(C2CC(NC(=O)Cn3cnc4ccccc4c3=O)C2)cc(=O)[nH]1. The number of aromatic amines is 1. The molecule has 2 aromatic heterocycles. The number of nitrogens with zero attached hydrogens (tertiary/aromatic N) is 3. The normalized spacial score (nSPS) is 18.8. The highest BCUT2D eigenvalue weighted by Gasteiger charge is 2.32. The van der Waals surface area contributed by atoms with Gasteiger partial charge in [0.05, 0.1) is 22.9 Å². The lowest BCUT2D eigenvalue weighted by molar-refractivity contribution is -0.123. The minimum Gasteiger partial charge on any atom is -0.369 e. The first-order valence-corrected chi connectivity index (χ1v) is 8.60. The Kier molecular flexibility index (Phi) is 4.19. The Bertz CT molecular complexity index is 1130. The van der Waals surface area contributed by atoms with Crippen LogP contribution in [0.2, 0.25) is 0 Å². The van der Waals surface area contributed by atoms with Crippen molar-refractivity contribution in [1.29, 1.82) is 0 Å². The van der Waals surface area contributed by atoms with Crippen LogP contribution >= 0.6 is 0 Å². The topological polar surface area (TPSA) is 136 Å². The van der Waals surface area contributed by atoms with Crippen molar-refractivity contribution < 1.29 is 4.79 Å². The molecule has 0 aliphatic heterocycles. The highest BCUT2D eigenvalue weighted by molar-refractivity contribution is 5.79. The van der Waals surface area contributed by atoms with Crippen LogP contribution in [0.15, 0.2) is 46.2 Å². The summed E-state index contributed by atoms with van der Waals surface area (Å²) in [7, 11) is 0. The van der Waals surface area contributed by atoms with Crippen LogP contribution in [0.25, 0.3) is 10.9 Å². The van der Waals surface area contributed by atoms with Crippen molar-refractivity contribution in [2.75, 3.05) is 5.73 Å². The van der Waals surface area contributed by atoms with Crippen LogP contribution in [-0.2, 0) is 11.3 Å². The molecule has 9 nitrogen and oxygen atoms in total. The highest BCUT2D eigenvalue weighted by Crippen LogP contribution is 2.35. The van der Waals surface area contributed by atoms with Gasteiger partial charge in [-0.1, -0.05) is 12.1 Å². The average Bonchev–Trinajstić information content (AvgIpc) is 2.59. The highest BCUT2D eigenvalue weighted by atomic mass is 16.2. The van der Waals surface area contributed by atoms with Crippen LogP contribution in [-0.4, -0.2) is 31.5 Å². The lowest BCUT2D eigenvalue weighted by Gasteiger charge is -2.35. The van der Waals surface area contributed by atoms with Gasteiger partial charge in [-0.25, -0.2) is 9.97 Å². The molecule has 0 bridgehead atoms. The number of carbonyl (C=O) groups excluding carboxylic acids is 1. The molecule has 1 aliphatic rings. The lowest BCUT2D eigenvalue weighted by Crippen LogP contribution is -2.45. The fourth-order valence-corrected chi connectivity index (χ4v) is 3.33. The molecule has 1 aromatic carbocycles. The summed E-state index contributed by atoms with van der Waals surface area (Å²) in [5, 5.41) is 3.38. The van der Waals surface area contributed by atoms with Crippen molar-refractivity contribution in [3.05, 3.63) is 63.1 Å². The summed E-state index contributed by atoms with van der Waals surface area (Å²) in [5.74, 6) is -0.0749. The Morgan fingerprint density at radius 2 is 2.07 bits per heavy atom. The fraction of sp³-hybridized carbons (Fsp3) is 0.278. The van der Waals surface area contributed by atoms with Gasteiger partial charge in [0.2, 0.25) is 11.9 Å². The van der Waals surface area contributed by atoms with E-state index in [1.165, 1.54) is 17.0 Å². The first-order chi connectivity index (χ1) is 13.0. The molecule has 1 fully saturated rings. The van der Waals surface area contributed by atoms with Gasteiger partial charge in [-0.3, -0.25) is 23.9 Å². The van der Waals surface area contributed by atoms with Gasteiger partial charge in [0.1, 0.15) is 6.54 Å². The number of nitrogen functional groups attached to an aromatic ring is 1. The third-order valence-corrected chi connectivity index (χ3v) is 4.75. The van der Waals surface area contributed by atoms with Crippen molar-refractivity contribution in [1.82, 2.24) is 24.8 Å². The summed E-state index contributed by atoms with van der Waals surface area (Å²) in [6.07, 6.45) is 2.73. The van der Waals surface area contributed by atoms with Crippen LogP contribution in [0.1, 0.15) is 24.5 Å². The van der Waals surface area contributed by atoms with E-state index in [9.17, 15) is 14.4 Å². The second-order valence-electron chi connectivity index (χ2n) is 6.68. The quantitative estimate of drug-likeness (QED) is 0.600. The summed E-state index contributed by atoms with van der Waals surface area (Å²) < 4.78 is 1.30. The first kappa shape index (κ1) is 17.0. The van der Waals surface area contributed by atoms with Gasteiger partial charge in [-0.15, -0.1) is 0 Å². The van der Waals surface area contributed by atoms with Gasteiger partial charge in [0, 0.05) is 18.0 Å². The molecule has 0 unspecified atom stereocenters. The van der Waals surface area contributed by atoms with Crippen LogP contribution in [0.3, 0.4) is 0 Å². The van der Waals surface area contributed by atoms with E-state index in [4.69, 9.17) is 5.73 Å². The van der Waals surface area contributed by atoms with E-state index in [1.807, 2.05) is 6.07 Å². The summed E-state index contributed by atoms with van der Waals surface area (Å²) in [6.45, 7) is -0.0892. The number of benzene rings is 1. The predicted molar refractivity (Wildman–Crippen MR) is 99.2 cm³/mol. The van der Waals surface area contributed by atoms with Crippen LogP contribution < -0.4 is 22.2 Å². The maximum atomic E-state index is 12.4. The maximum Gasteiger partial charge on any atom is 0.261 e. The molecule has 4 N–H and O–H groups in total. The van der Waals surface area contributed by atoms with Crippen LogP contribution in [0.5, 0.6) is 0 Å². The molecular weight excluding hydrogens is 348 g/mol. The van der Waals surface area contributed by atoms with Gasteiger partial charge in [0.25, 0.3) is 11.1 Å². The average molecular weight is 366 g/mol. The van der Waals surface area contributed by atoms with E-state index >= 15 is 0 Å². The number of hydrogen-bond donors (Lipinski definition) is 3. The van der Waals surface area contributed by atoms with Crippen molar-refractivity contribution in [3.63, 3.8) is 0 Å². The number of fused-ring (bicyclic) bond motifs is 1. The van der Waals surface area contributed by atoms with Gasteiger partial charge in [-0.2, -0.15) is 0 Å². The molecule has 3 aromatic rings. The number of carbonyl (C=O) groups is 1. The van der Waals surface area contributed by atoms with E-state index < -0.39 is 0 Å². The third kappa shape index (κ3) is 3.43. The summed E-state index contributed by atoms with van der Waals surface area (Å²) in [5.41, 5.74) is 6.27. The van der Waals surface area contributed by atoms with E-state index in [1.54, 1.807) is 18.2 Å². The zero-order valence-electron chi connectivity index (χ0n) is 14.4. The van der Waals surface area contributed by atoms with E-state index in [0.717, 1.165) is 0 Å². The molecule has 0 saturated heterocycles. The Hall–Kier alpha value is -3.49. The molecule has 4 rings (SSSR count). The number of amides is 1. The number of H-pyrrole nitrogens is 1. The maximum absolute atomic E-state index is 12.4. The van der Waals surface area contributed by atoms with Crippen molar-refractivity contribution in [2.45, 2.75) is 31.3 Å². The first-order valence-electron chi connectivity index (χ1n) is 8.60. The molecule has 0 radical (unpaired) electrons. The van der Waals surface area contributed by atoms with Crippen molar-refractivity contribution >= 4 is 22.8 Å². The van der Waals surface area contributed by atoms with Gasteiger partial charge in [-0.05, 0) is 25.0 Å². The van der Waals surface area contributed by atoms with E-state index in [2.05, 4.69) is 20.3 Å². The minimum absolute atomic E-state index is 0.0195. The van der Waals surface area contributed by atoms with Gasteiger partial charge >= 0.3 is 0 Å². The molecule has 1 amide bonds. The molecular formula is C18H18N6O3. The lowest BCUT2D eigenvalue weighted by atomic mass is 9.78. The number of para-hydroxylation sites is 1. The molecule has 0 spiro atoms. The third-order valence-electron chi connectivity index (χ3n) is 4.75. The molecule has 27 heavy (non-hydrogen) atoms. The number of hydrogen-bond acceptors (Lipinski definition) is 6. The summed E-state index contributed by atoms with van der Waals surface area (Å²) in [4.78, 5) is 46.9. The molecule has 1 aliphatic carbocycles. The number of anilines is 1. The fourth-order valence-electron chi connectivity index (χ4n) is 3.33. The van der Waals surface area contributed by atoms with E-state index in [0.29, 0.717) is 29.4 Å². The Balaban J connectivity index is 1.38. The summed E-state index contributed by atoms with van der Waals surface area (Å²) in [6, 6.07) is 8.43. The predicted octanol–water partition coefficient (Wildman–Crippen LogP) is 0.124. The molecule has 2 heterocycles. The smallest absolute Gasteiger partial charge is 0.261 e. The number of nitrogens with two attached hydrogens (primary N) is 1. The zero-order chi connectivity index (χ0) is 19.0. The molecule has 1 saturated carbocycles. The Labute approximate surface area is 153 Å². The van der Waals surface area contributed by atoms with E-state index in [-0.39, 0.29) is 41.5 Å². The Morgan fingerprint density at radius 3 is 2.85 bits per heavy atom. The van der Waals surface area contributed by atoms with Crippen LogP contribution in [0.4, 0.5) is 5.95 Å². The van der Waals surface area contributed by atoms with Crippen molar-refractivity contribution in [3.8, 4) is 0 Å². The van der Waals surface area contributed by atoms with Crippen molar-refractivity contribution in [2.24, 2.45) is 0 Å². The van der Waals surface area contributed by atoms with Gasteiger partial charge < -0.3 is 11.1 Å². The monoisotopic (exact) mass is 366 g/mol. The molecule has 138 valence electrons. The minimum atomic E-state index is -0.284. The second-order valence-corrected chi connectivity index (χ2v) is 6.68. The largest absolute Gasteiger partial charge is 0.369 e. The summed E-state index contributed by atoms with van der Waals surface area (Å²) >= 11 is 0. The van der Waals surface area contributed by atoms with Crippen LogP contribution in [0, 0.1) is 0 Å². The van der Waals surface area contributed by atoms with Gasteiger partial charge in [0.15, 0.2) is 0 Å². The Morgan fingerprint density at radius 1 is 1.30 bits per heavy atom. The second kappa shape index (κ2) is 6.67. The molecule has 9 heteroatoms. The number of aromatic nitrogens is 4. The number of nitrogens with one attached hydrogen (secondary N) is 2. The standard InChI is InChI=1S/C18H18N6O3/c19-18-22-14(7-15(25)23-18)10-5-11(6-10)21-16(26)8-24-9-20-13-4-2-1-3-12(13)17(24)27/h1-4,7,9-11H,5-6,8H2,(H,21,26)(H3,19,22,23,25). The zero-order valence-corrected chi connectivity index (χ0v) is 14.4.